The second-order valence-corrected chi connectivity index (χ2v) is 8.25. The number of furan rings is 1. The van der Waals surface area contributed by atoms with Gasteiger partial charge in [0.15, 0.2) is 5.76 Å². The van der Waals surface area contributed by atoms with E-state index in [0.717, 1.165) is 0 Å². The lowest BCUT2D eigenvalue weighted by Crippen LogP contribution is -2.48. The van der Waals surface area contributed by atoms with E-state index in [1.54, 1.807) is 17.0 Å². The van der Waals surface area contributed by atoms with Gasteiger partial charge in [0.05, 0.1) is 4.92 Å². The number of anilines is 1. The van der Waals surface area contributed by atoms with Crippen LogP contribution in [0.3, 0.4) is 0 Å². The third kappa shape index (κ3) is 3.96. The van der Waals surface area contributed by atoms with Gasteiger partial charge in [-0.3, -0.25) is 14.9 Å². The van der Waals surface area contributed by atoms with Gasteiger partial charge in [0.25, 0.3) is 21.6 Å². The van der Waals surface area contributed by atoms with Gasteiger partial charge in [0.2, 0.25) is 5.09 Å². The number of carbonyl (C=O) groups is 1. The van der Waals surface area contributed by atoms with Gasteiger partial charge in [-0.05, 0) is 31.3 Å². The number of piperazine rings is 1. The molecule has 1 aromatic carbocycles. The summed E-state index contributed by atoms with van der Waals surface area (Å²) in [5, 5.41) is 11.2. The molecule has 1 N–H and O–H groups in total. The van der Waals surface area contributed by atoms with Crippen LogP contribution in [-0.4, -0.2) is 57.4 Å². The molecule has 0 spiro atoms. The summed E-state index contributed by atoms with van der Waals surface area (Å²) >= 11 is 5.84. The van der Waals surface area contributed by atoms with E-state index in [1.807, 2.05) is 0 Å². The van der Waals surface area contributed by atoms with E-state index in [-0.39, 0.29) is 21.6 Å². The van der Waals surface area contributed by atoms with Crippen LogP contribution in [0.15, 0.2) is 39.8 Å². The number of carbonyl (C=O) groups excluding carboxylic acids is 1. The fourth-order valence-electron chi connectivity index (χ4n) is 2.90. The number of nitrogens with one attached hydrogen (secondary N) is 1. The molecule has 0 atom stereocenters. The third-order valence-corrected chi connectivity index (χ3v) is 5.89. The van der Waals surface area contributed by atoms with Gasteiger partial charge in [0.1, 0.15) is 5.69 Å². The summed E-state index contributed by atoms with van der Waals surface area (Å²) in [7, 11) is -2.53. The Morgan fingerprint density at radius 3 is 2.50 bits per heavy atom. The van der Waals surface area contributed by atoms with Crippen molar-refractivity contribution in [2.75, 3.05) is 38.1 Å². The first-order valence-electron chi connectivity index (χ1n) is 8.24. The highest BCUT2D eigenvalue weighted by atomic mass is 35.5. The first-order chi connectivity index (χ1) is 13.2. The first kappa shape index (κ1) is 20.1. The Hall–Kier alpha value is -2.63. The number of nitro benzene ring substituents is 1. The van der Waals surface area contributed by atoms with E-state index in [0.29, 0.717) is 31.9 Å². The fraction of sp³-hybridized carbons (Fsp3) is 0.312. The molecule has 1 saturated heterocycles. The summed E-state index contributed by atoms with van der Waals surface area (Å²) in [6.07, 6.45) is 0. The van der Waals surface area contributed by atoms with Crippen molar-refractivity contribution in [3.8, 4) is 0 Å². The molecule has 1 aliphatic rings. The lowest BCUT2D eigenvalue weighted by Gasteiger charge is -2.35. The Balaban J connectivity index is 1.71. The van der Waals surface area contributed by atoms with Crippen molar-refractivity contribution in [2.45, 2.75) is 5.09 Å². The molecule has 1 fully saturated rings. The number of hydrogen-bond donors (Lipinski definition) is 1. The standard InChI is InChI=1S/C16H17ClN4O6S/c1-18-28(25,26)15-5-4-14(27-15)16(22)20-8-6-19(7-9-20)12-3-2-11(17)10-13(12)21(23)24/h2-5,10,18H,6-9H2,1H3. The van der Waals surface area contributed by atoms with Gasteiger partial charge < -0.3 is 14.2 Å². The lowest BCUT2D eigenvalue weighted by atomic mass is 10.2. The van der Waals surface area contributed by atoms with Gasteiger partial charge in [-0.15, -0.1) is 0 Å². The molecule has 12 heteroatoms. The molecule has 0 saturated carbocycles. The highest BCUT2D eigenvalue weighted by molar-refractivity contribution is 7.89. The maximum atomic E-state index is 12.6. The molecule has 10 nitrogen and oxygen atoms in total. The average Bonchev–Trinajstić information content (AvgIpc) is 3.18. The van der Waals surface area contributed by atoms with Gasteiger partial charge in [-0.25, -0.2) is 13.1 Å². The minimum Gasteiger partial charge on any atom is -0.438 e. The molecule has 0 unspecified atom stereocenters. The number of halogens is 1. The van der Waals surface area contributed by atoms with E-state index in [2.05, 4.69) is 4.72 Å². The summed E-state index contributed by atoms with van der Waals surface area (Å²) in [6, 6.07) is 6.98. The van der Waals surface area contributed by atoms with Crippen LogP contribution < -0.4 is 9.62 Å². The Labute approximate surface area is 165 Å². The largest absolute Gasteiger partial charge is 0.438 e. The summed E-state index contributed by atoms with van der Waals surface area (Å²) in [4.78, 5) is 26.7. The van der Waals surface area contributed by atoms with Gasteiger partial charge in [-0.2, -0.15) is 0 Å². The number of nitrogens with zero attached hydrogens (tertiary/aromatic N) is 3. The number of nitro groups is 1. The summed E-state index contributed by atoms with van der Waals surface area (Å²) in [6.45, 7) is 1.34. The second kappa shape index (κ2) is 7.78. The highest BCUT2D eigenvalue weighted by Gasteiger charge is 2.28. The van der Waals surface area contributed by atoms with Crippen molar-refractivity contribution >= 4 is 38.9 Å². The molecule has 0 bridgehead atoms. The molecule has 1 aliphatic heterocycles. The van der Waals surface area contributed by atoms with Crippen molar-refractivity contribution in [3.05, 3.63) is 51.2 Å². The van der Waals surface area contributed by atoms with Crippen molar-refractivity contribution in [3.63, 3.8) is 0 Å². The van der Waals surface area contributed by atoms with Crippen LogP contribution in [0.25, 0.3) is 0 Å². The SMILES string of the molecule is CNS(=O)(=O)c1ccc(C(=O)N2CCN(c3ccc(Cl)cc3[N+](=O)[O-])CC2)o1. The zero-order chi connectivity index (χ0) is 20.5. The molecule has 0 radical (unpaired) electrons. The van der Waals surface area contributed by atoms with E-state index < -0.39 is 20.9 Å². The van der Waals surface area contributed by atoms with Crippen molar-refractivity contribution in [1.82, 2.24) is 9.62 Å². The predicted octanol–water partition coefficient (Wildman–Crippen LogP) is 1.71. The quantitative estimate of drug-likeness (QED) is 0.567. The summed E-state index contributed by atoms with van der Waals surface area (Å²) in [5.41, 5.74) is 0.335. The smallest absolute Gasteiger partial charge is 0.294 e. The maximum Gasteiger partial charge on any atom is 0.294 e. The van der Waals surface area contributed by atoms with Crippen LogP contribution in [0.1, 0.15) is 10.6 Å². The van der Waals surface area contributed by atoms with Gasteiger partial charge >= 0.3 is 0 Å². The van der Waals surface area contributed by atoms with E-state index in [4.69, 9.17) is 16.0 Å². The first-order valence-corrected chi connectivity index (χ1v) is 10.1. The molecule has 2 heterocycles. The highest BCUT2D eigenvalue weighted by Crippen LogP contribution is 2.31. The van der Waals surface area contributed by atoms with Crippen LogP contribution in [0.4, 0.5) is 11.4 Å². The fourth-order valence-corrected chi connectivity index (χ4v) is 3.71. The normalized spacial score (nSPS) is 14.9. The lowest BCUT2D eigenvalue weighted by molar-refractivity contribution is -0.384. The van der Waals surface area contributed by atoms with E-state index in [1.165, 1.54) is 30.1 Å². The molecule has 150 valence electrons. The Kier molecular flexibility index (Phi) is 5.59. The van der Waals surface area contributed by atoms with Crippen LogP contribution in [-0.2, 0) is 10.0 Å². The monoisotopic (exact) mass is 428 g/mol. The maximum absolute atomic E-state index is 12.6. The van der Waals surface area contributed by atoms with Crippen LogP contribution in [0, 0.1) is 10.1 Å². The molecule has 28 heavy (non-hydrogen) atoms. The number of sulfonamides is 1. The van der Waals surface area contributed by atoms with E-state index in [9.17, 15) is 23.3 Å². The zero-order valence-corrected chi connectivity index (χ0v) is 16.4. The molecule has 1 aromatic heterocycles. The van der Waals surface area contributed by atoms with Crippen LogP contribution >= 0.6 is 11.6 Å². The zero-order valence-electron chi connectivity index (χ0n) is 14.8. The van der Waals surface area contributed by atoms with Gasteiger partial charge in [-0.1, -0.05) is 11.6 Å². The topological polar surface area (TPSA) is 126 Å². The minimum absolute atomic E-state index is 0.0836. The molecular weight excluding hydrogens is 412 g/mol. The number of benzene rings is 1. The van der Waals surface area contributed by atoms with E-state index >= 15 is 0 Å². The van der Waals surface area contributed by atoms with Crippen molar-refractivity contribution in [2.24, 2.45) is 0 Å². The molecular formula is C16H17ClN4O6S. The molecule has 1 amide bonds. The minimum atomic E-state index is -3.77. The Bertz CT molecular complexity index is 1010. The number of rotatable bonds is 5. The average molecular weight is 429 g/mol. The molecule has 0 aliphatic carbocycles. The van der Waals surface area contributed by atoms with Crippen molar-refractivity contribution in [1.29, 1.82) is 0 Å². The van der Waals surface area contributed by atoms with Gasteiger partial charge in [0, 0.05) is 37.3 Å². The second-order valence-electron chi connectivity index (χ2n) is 6.00. The Morgan fingerprint density at radius 2 is 1.89 bits per heavy atom. The number of hydrogen-bond acceptors (Lipinski definition) is 7. The van der Waals surface area contributed by atoms with Crippen LogP contribution in [0.5, 0.6) is 0 Å². The van der Waals surface area contributed by atoms with Crippen molar-refractivity contribution < 1.29 is 22.6 Å². The summed E-state index contributed by atoms with van der Waals surface area (Å²) < 4.78 is 30.7. The predicted molar refractivity (Wildman–Crippen MR) is 101 cm³/mol. The Morgan fingerprint density at radius 1 is 1.21 bits per heavy atom. The molecule has 2 aromatic rings. The van der Waals surface area contributed by atoms with Crippen LogP contribution in [0.2, 0.25) is 5.02 Å². The molecule has 3 rings (SSSR count). The number of amides is 1. The summed E-state index contributed by atoms with van der Waals surface area (Å²) in [5.74, 6) is -0.525. The third-order valence-electron chi connectivity index (χ3n) is 4.37.